The van der Waals surface area contributed by atoms with Crippen molar-refractivity contribution in [1.82, 2.24) is 5.32 Å². The van der Waals surface area contributed by atoms with E-state index in [9.17, 15) is 4.79 Å². The van der Waals surface area contributed by atoms with Crippen LogP contribution in [0.25, 0.3) is 0 Å². The van der Waals surface area contributed by atoms with E-state index in [1.807, 2.05) is 0 Å². The molecule has 1 rings (SSSR count). The molecule has 0 aliphatic heterocycles. The fraction of sp³-hybridized carbons (Fsp3) is 0.917. The van der Waals surface area contributed by atoms with E-state index in [4.69, 9.17) is 0 Å². The molecular weight excluding hydrogens is 254 g/mol. The Balaban J connectivity index is 2.55. The van der Waals surface area contributed by atoms with E-state index in [0.717, 1.165) is 5.92 Å². The van der Waals surface area contributed by atoms with Gasteiger partial charge in [0.15, 0.2) is 0 Å². The van der Waals surface area contributed by atoms with E-state index in [-0.39, 0.29) is 11.4 Å². The van der Waals surface area contributed by atoms with Crippen LogP contribution in [0.5, 0.6) is 0 Å². The summed E-state index contributed by atoms with van der Waals surface area (Å²) in [5, 5.41) is 3.51. The van der Waals surface area contributed by atoms with E-state index in [0.29, 0.717) is 11.2 Å². The van der Waals surface area contributed by atoms with Gasteiger partial charge in [-0.2, -0.15) is 0 Å². The standard InChI is InChI=1S/C12H22BrNO/c1-9-5-4-6-10(7-9)12(2,3)14-11(15)8-13/h9-10H,4-8H2,1-3H3,(H,14,15)/t9?,10-/m0/s1. The fourth-order valence-corrected chi connectivity index (χ4v) is 2.72. The topological polar surface area (TPSA) is 29.1 Å². The SMILES string of the molecule is CC1CCC[C@H](C(C)(C)NC(=O)CBr)C1. The van der Waals surface area contributed by atoms with Crippen molar-refractivity contribution in [1.29, 1.82) is 0 Å². The molecule has 1 N–H and O–H groups in total. The number of rotatable bonds is 3. The van der Waals surface area contributed by atoms with Crippen LogP contribution in [0.4, 0.5) is 0 Å². The number of hydrogen-bond acceptors (Lipinski definition) is 1. The smallest absolute Gasteiger partial charge is 0.231 e. The number of halogens is 1. The first-order valence-electron chi connectivity index (χ1n) is 5.82. The lowest BCUT2D eigenvalue weighted by atomic mass is 9.73. The van der Waals surface area contributed by atoms with Crippen molar-refractivity contribution in [3.05, 3.63) is 0 Å². The average molecular weight is 276 g/mol. The first-order chi connectivity index (χ1) is 6.95. The van der Waals surface area contributed by atoms with Crippen LogP contribution in [-0.2, 0) is 4.79 Å². The maximum absolute atomic E-state index is 11.4. The highest BCUT2D eigenvalue weighted by molar-refractivity contribution is 9.09. The molecule has 1 saturated carbocycles. The Bertz CT molecular complexity index is 228. The quantitative estimate of drug-likeness (QED) is 0.788. The van der Waals surface area contributed by atoms with Crippen LogP contribution >= 0.6 is 15.9 Å². The van der Waals surface area contributed by atoms with Crippen LogP contribution in [0.2, 0.25) is 0 Å². The number of carbonyl (C=O) groups excluding carboxylic acids is 1. The zero-order chi connectivity index (χ0) is 11.5. The van der Waals surface area contributed by atoms with Gasteiger partial charge in [-0.15, -0.1) is 0 Å². The van der Waals surface area contributed by atoms with Crippen LogP contribution in [0.1, 0.15) is 46.5 Å². The molecule has 0 bridgehead atoms. The van der Waals surface area contributed by atoms with Gasteiger partial charge in [-0.05, 0) is 38.5 Å². The summed E-state index contributed by atoms with van der Waals surface area (Å²) in [6.45, 7) is 6.61. The largest absolute Gasteiger partial charge is 0.350 e. The number of alkyl halides is 1. The molecule has 1 unspecified atom stereocenters. The fourth-order valence-electron chi connectivity index (χ4n) is 2.58. The van der Waals surface area contributed by atoms with Crippen LogP contribution in [0.3, 0.4) is 0 Å². The molecule has 1 aliphatic rings. The van der Waals surface area contributed by atoms with Crippen molar-refractivity contribution >= 4 is 21.8 Å². The Morgan fingerprint density at radius 2 is 2.13 bits per heavy atom. The van der Waals surface area contributed by atoms with Gasteiger partial charge in [0.1, 0.15) is 0 Å². The molecule has 15 heavy (non-hydrogen) atoms. The second-order valence-electron chi connectivity index (χ2n) is 5.37. The molecule has 1 aliphatic carbocycles. The van der Waals surface area contributed by atoms with Gasteiger partial charge in [0.25, 0.3) is 0 Å². The molecular formula is C12H22BrNO. The lowest BCUT2D eigenvalue weighted by Crippen LogP contribution is -2.50. The third-order valence-corrected chi connectivity index (χ3v) is 4.05. The van der Waals surface area contributed by atoms with Crippen molar-refractivity contribution < 1.29 is 4.79 Å². The maximum Gasteiger partial charge on any atom is 0.231 e. The van der Waals surface area contributed by atoms with Gasteiger partial charge >= 0.3 is 0 Å². The highest BCUT2D eigenvalue weighted by Crippen LogP contribution is 2.35. The molecule has 88 valence electrons. The third kappa shape index (κ3) is 3.78. The van der Waals surface area contributed by atoms with Crippen LogP contribution in [0, 0.1) is 11.8 Å². The van der Waals surface area contributed by atoms with Gasteiger partial charge in [-0.1, -0.05) is 35.7 Å². The Labute approximate surface area is 101 Å². The van der Waals surface area contributed by atoms with Gasteiger partial charge in [-0.3, -0.25) is 4.79 Å². The van der Waals surface area contributed by atoms with Crippen molar-refractivity contribution in [3.8, 4) is 0 Å². The van der Waals surface area contributed by atoms with E-state index in [1.54, 1.807) is 0 Å². The van der Waals surface area contributed by atoms with E-state index in [1.165, 1.54) is 25.7 Å². The monoisotopic (exact) mass is 275 g/mol. The van der Waals surface area contributed by atoms with Crippen molar-refractivity contribution in [2.45, 2.75) is 52.0 Å². The molecule has 0 heterocycles. The van der Waals surface area contributed by atoms with Gasteiger partial charge in [0, 0.05) is 5.54 Å². The average Bonchev–Trinajstić information content (AvgIpc) is 2.17. The Morgan fingerprint density at radius 3 is 2.67 bits per heavy atom. The summed E-state index contributed by atoms with van der Waals surface area (Å²) >= 11 is 3.19. The number of carbonyl (C=O) groups is 1. The lowest BCUT2D eigenvalue weighted by Gasteiger charge is -2.39. The molecule has 0 aromatic rings. The van der Waals surface area contributed by atoms with Crippen molar-refractivity contribution in [3.63, 3.8) is 0 Å². The minimum Gasteiger partial charge on any atom is -0.350 e. The second kappa shape index (κ2) is 5.33. The number of hydrogen-bond donors (Lipinski definition) is 1. The predicted molar refractivity (Wildman–Crippen MR) is 67.1 cm³/mol. The normalized spacial score (nSPS) is 27.5. The minimum atomic E-state index is -0.0560. The molecule has 2 atom stereocenters. The summed E-state index contributed by atoms with van der Waals surface area (Å²) in [4.78, 5) is 11.4. The Morgan fingerprint density at radius 1 is 1.47 bits per heavy atom. The van der Waals surface area contributed by atoms with Gasteiger partial charge < -0.3 is 5.32 Å². The molecule has 3 heteroatoms. The maximum atomic E-state index is 11.4. The Hall–Kier alpha value is -0.0500. The molecule has 1 amide bonds. The first kappa shape index (κ1) is 13.0. The third-order valence-electron chi connectivity index (χ3n) is 3.54. The zero-order valence-corrected chi connectivity index (χ0v) is 11.6. The summed E-state index contributed by atoms with van der Waals surface area (Å²) in [5.41, 5.74) is -0.0560. The van der Waals surface area contributed by atoms with Gasteiger partial charge in [-0.25, -0.2) is 0 Å². The predicted octanol–water partition coefficient (Wildman–Crippen LogP) is 3.10. The van der Waals surface area contributed by atoms with E-state index < -0.39 is 0 Å². The molecule has 2 nitrogen and oxygen atoms in total. The van der Waals surface area contributed by atoms with Crippen molar-refractivity contribution in [2.24, 2.45) is 11.8 Å². The molecule has 0 radical (unpaired) electrons. The second-order valence-corrected chi connectivity index (χ2v) is 5.93. The summed E-state index contributed by atoms with van der Waals surface area (Å²) in [6.07, 6.45) is 5.15. The summed E-state index contributed by atoms with van der Waals surface area (Å²) in [7, 11) is 0. The van der Waals surface area contributed by atoms with E-state index in [2.05, 4.69) is 42.0 Å². The van der Waals surface area contributed by atoms with Crippen LogP contribution < -0.4 is 5.32 Å². The molecule has 0 aromatic heterocycles. The van der Waals surface area contributed by atoms with Gasteiger partial charge in [0.2, 0.25) is 5.91 Å². The van der Waals surface area contributed by atoms with Crippen molar-refractivity contribution in [2.75, 3.05) is 5.33 Å². The number of amides is 1. The summed E-state index contributed by atoms with van der Waals surface area (Å²) in [5.74, 6) is 1.53. The highest BCUT2D eigenvalue weighted by Gasteiger charge is 2.33. The number of nitrogens with one attached hydrogen (secondary N) is 1. The van der Waals surface area contributed by atoms with Crippen LogP contribution in [-0.4, -0.2) is 16.8 Å². The first-order valence-corrected chi connectivity index (χ1v) is 6.95. The molecule has 0 aromatic carbocycles. The summed E-state index contributed by atoms with van der Waals surface area (Å²) in [6, 6.07) is 0. The minimum absolute atomic E-state index is 0.0560. The lowest BCUT2D eigenvalue weighted by molar-refractivity contribution is -0.120. The molecule has 0 spiro atoms. The van der Waals surface area contributed by atoms with E-state index >= 15 is 0 Å². The summed E-state index contributed by atoms with van der Waals surface area (Å²) < 4.78 is 0. The van der Waals surface area contributed by atoms with Gasteiger partial charge in [0.05, 0.1) is 5.33 Å². The zero-order valence-electron chi connectivity index (χ0n) is 9.98. The molecule has 0 saturated heterocycles. The highest BCUT2D eigenvalue weighted by atomic mass is 79.9. The Kier molecular flexibility index (Phi) is 4.63. The van der Waals surface area contributed by atoms with Crippen LogP contribution in [0.15, 0.2) is 0 Å². The molecule has 1 fully saturated rings.